The number of allylic oxidation sites excluding steroid dienone is 1. The van der Waals surface area contributed by atoms with Crippen LogP contribution in [0.1, 0.15) is 6.92 Å². The van der Waals surface area contributed by atoms with E-state index in [-0.39, 0.29) is 12.5 Å². The third-order valence-electron chi connectivity index (χ3n) is 4.71. The van der Waals surface area contributed by atoms with E-state index in [1.165, 1.54) is 6.08 Å². The van der Waals surface area contributed by atoms with Gasteiger partial charge in [-0.15, -0.1) is 11.8 Å². The Morgan fingerprint density at radius 1 is 1.19 bits per heavy atom. The first-order valence-electron chi connectivity index (χ1n) is 9.75. The minimum atomic E-state index is -0.139. The molecule has 8 heteroatoms. The lowest BCUT2D eigenvalue weighted by Crippen LogP contribution is -2.23. The third kappa shape index (κ3) is 4.97. The Bertz CT molecular complexity index is 1140. The number of aromatic nitrogens is 3. The Morgan fingerprint density at radius 2 is 1.94 bits per heavy atom. The highest BCUT2D eigenvalue weighted by molar-refractivity contribution is 8.03. The fourth-order valence-corrected chi connectivity index (χ4v) is 3.94. The summed E-state index contributed by atoms with van der Waals surface area (Å²) in [6.45, 7) is 2.11. The Hall–Kier alpha value is -3.52. The SMILES string of the molecule is CC1=CN(C(=O)/C=C(\N)COc2ccc(-c3nn(C)cc3-c3ccncc3)cc2)CS1. The molecule has 0 atom stereocenters. The van der Waals surface area contributed by atoms with E-state index in [1.54, 1.807) is 33.7 Å². The van der Waals surface area contributed by atoms with E-state index in [1.807, 2.05) is 62.8 Å². The lowest BCUT2D eigenvalue weighted by Gasteiger charge is -2.11. The first-order valence-corrected chi connectivity index (χ1v) is 10.7. The summed E-state index contributed by atoms with van der Waals surface area (Å²) >= 11 is 1.63. The normalized spacial score (nSPS) is 13.9. The van der Waals surface area contributed by atoms with Crippen LogP contribution in [0.3, 0.4) is 0 Å². The topological polar surface area (TPSA) is 86.3 Å². The van der Waals surface area contributed by atoms with Crippen molar-refractivity contribution in [3.05, 3.63) is 77.9 Å². The van der Waals surface area contributed by atoms with E-state index in [9.17, 15) is 4.79 Å². The van der Waals surface area contributed by atoms with Crippen molar-refractivity contribution >= 4 is 17.7 Å². The highest BCUT2D eigenvalue weighted by atomic mass is 32.2. The van der Waals surface area contributed by atoms with Crippen LogP contribution in [0, 0.1) is 0 Å². The Balaban J connectivity index is 1.43. The summed E-state index contributed by atoms with van der Waals surface area (Å²) in [5.41, 5.74) is 10.3. The number of nitrogens with zero attached hydrogens (tertiary/aromatic N) is 4. The van der Waals surface area contributed by atoms with Gasteiger partial charge < -0.3 is 15.4 Å². The van der Waals surface area contributed by atoms with Crippen LogP contribution < -0.4 is 10.5 Å². The van der Waals surface area contributed by atoms with E-state index in [0.29, 0.717) is 17.3 Å². The van der Waals surface area contributed by atoms with Crippen molar-refractivity contribution < 1.29 is 9.53 Å². The van der Waals surface area contributed by atoms with Crippen LogP contribution in [0.4, 0.5) is 0 Å². The molecule has 1 aliphatic rings. The van der Waals surface area contributed by atoms with Crippen molar-refractivity contribution in [2.45, 2.75) is 6.92 Å². The number of carbonyl (C=O) groups is 1. The number of benzene rings is 1. The molecule has 0 saturated heterocycles. The number of aryl methyl sites for hydroxylation is 1. The molecule has 31 heavy (non-hydrogen) atoms. The molecular formula is C23H23N5O2S. The molecule has 1 amide bonds. The van der Waals surface area contributed by atoms with Crippen LogP contribution in [0.15, 0.2) is 77.9 Å². The minimum Gasteiger partial charge on any atom is -0.487 e. The fraction of sp³-hybridized carbons (Fsp3) is 0.174. The Labute approximate surface area is 185 Å². The number of nitrogens with two attached hydrogens (primary N) is 1. The maximum absolute atomic E-state index is 12.2. The van der Waals surface area contributed by atoms with Gasteiger partial charge in [0.05, 0.1) is 11.6 Å². The molecule has 3 aromatic rings. The predicted molar refractivity (Wildman–Crippen MR) is 123 cm³/mol. The van der Waals surface area contributed by atoms with Gasteiger partial charge >= 0.3 is 0 Å². The van der Waals surface area contributed by atoms with Gasteiger partial charge in [-0.2, -0.15) is 5.10 Å². The van der Waals surface area contributed by atoms with Crippen molar-refractivity contribution in [3.63, 3.8) is 0 Å². The molecule has 3 heterocycles. The molecule has 1 aliphatic heterocycles. The van der Waals surface area contributed by atoms with E-state index < -0.39 is 0 Å². The van der Waals surface area contributed by atoms with Gasteiger partial charge in [0.15, 0.2) is 0 Å². The number of amides is 1. The van der Waals surface area contributed by atoms with Gasteiger partial charge in [-0.3, -0.25) is 14.5 Å². The van der Waals surface area contributed by atoms with Gasteiger partial charge in [-0.1, -0.05) is 0 Å². The molecule has 1 aromatic carbocycles. The van der Waals surface area contributed by atoms with Crippen molar-refractivity contribution in [2.75, 3.05) is 12.5 Å². The van der Waals surface area contributed by atoms with Crippen LogP contribution in [-0.4, -0.2) is 38.1 Å². The second-order valence-electron chi connectivity index (χ2n) is 7.15. The zero-order valence-corrected chi connectivity index (χ0v) is 18.2. The average Bonchev–Trinajstić information content (AvgIpc) is 3.39. The van der Waals surface area contributed by atoms with Crippen LogP contribution in [0.5, 0.6) is 5.75 Å². The molecule has 2 aromatic heterocycles. The minimum absolute atomic E-state index is 0.139. The maximum atomic E-state index is 12.2. The van der Waals surface area contributed by atoms with Gasteiger partial charge in [0, 0.05) is 49.0 Å². The number of rotatable bonds is 6. The molecule has 0 spiro atoms. The van der Waals surface area contributed by atoms with E-state index in [2.05, 4.69) is 10.1 Å². The van der Waals surface area contributed by atoms with Crippen molar-refractivity contribution in [1.29, 1.82) is 0 Å². The summed E-state index contributed by atoms with van der Waals surface area (Å²) in [4.78, 5) is 19.0. The van der Waals surface area contributed by atoms with Gasteiger partial charge in [0.25, 0.3) is 5.91 Å². The van der Waals surface area contributed by atoms with Crippen molar-refractivity contribution in [3.8, 4) is 28.1 Å². The van der Waals surface area contributed by atoms with Gasteiger partial charge in [0.2, 0.25) is 0 Å². The largest absolute Gasteiger partial charge is 0.487 e. The fourth-order valence-electron chi connectivity index (χ4n) is 3.20. The van der Waals surface area contributed by atoms with Crippen LogP contribution in [0.25, 0.3) is 22.4 Å². The number of carbonyl (C=O) groups excluding carboxylic acids is 1. The van der Waals surface area contributed by atoms with Gasteiger partial charge in [-0.05, 0) is 53.8 Å². The zero-order valence-electron chi connectivity index (χ0n) is 17.4. The molecular weight excluding hydrogens is 410 g/mol. The Morgan fingerprint density at radius 3 is 2.61 bits per heavy atom. The van der Waals surface area contributed by atoms with E-state index >= 15 is 0 Å². The zero-order chi connectivity index (χ0) is 21.8. The smallest absolute Gasteiger partial charge is 0.253 e. The molecule has 158 valence electrons. The first-order chi connectivity index (χ1) is 15.0. The summed E-state index contributed by atoms with van der Waals surface area (Å²) in [5.74, 6) is 1.15. The van der Waals surface area contributed by atoms with E-state index in [0.717, 1.165) is 27.3 Å². The molecule has 7 nitrogen and oxygen atoms in total. The van der Waals surface area contributed by atoms with Crippen LogP contribution in [-0.2, 0) is 11.8 Å². The summed E-state index contributed by atoms with van der Waals surface area (Å²) in [5, 5.41) is 4.61. The van der Waals surface area contributed by atoms with Gasteiger partial charge in [-0.25, -0.2) is 0 Å². The molecule has 0 bridgehead atoms. The van der Waals surface area contributed by atoms with Gasteiger partial charge in [0.1, 0.15) is 18.1 Å². The molecule has 0 radical (unpaired) electrons. The molecule has 0 aliphatic carbocycles. The molecule has 0 saturated carbocycles. The average molecular weight is 434 g/mol. The molecule has 0 fully saturated rings. The number of thioether (sulfide) groups is 1. The number of hydrogen-bond acceptors (Lipinski definition) is 6. The lowest BCUT2D eigenvalue weighted by atomic mass is 10.0. The number of pyridine rings is 1. The monoisotopic (exact) mass is 433 g/mol. The maximum Gasteiger partial charge on any atom is 0.253 e. The summed E-state index contributed by atoms with van der Waals surface area (Å²) < 4.78 is 7.54. The molecule has 4 rings (SSSR count). The summed E-state index contributed by atoms with van der Waals surface area (Å²) in [7, 11) is 1.90. The van der Waals surface area contributed by atoms with Crippen molar-refractivity contribution in [2.24, 2.45) is 12.8 Å². The quantitative estimate of drug-likeness (QED) is 0.596. The Kier molecular flexibility index (Phi) is 6.08. The summed E-state index contributed by atoms with van der Waals surface area (Å²) in [6, 6.07) is 11.6. The van der Waals surface area contributed by atoms with Crippen LogP contribution in [0.2, 0.25) is 0 Å². The number of ether oxygens (including phenoxy) is 1. The third-order valence-corrected chi connectivity index (χ3v) is 5.68. The highest BCUT2D eigenvalue weighted by Gasteiger charge is 2.16. The van der Waals surface area contributed by atoms with Crippen molar-refractivity contribution in [1.82, 2.24) is 19.7 Å². The predicted octanol–water partition coefficient (Wildman–Crippen LogP) is 3.76. The second-order valence-corrected chi connectivity index (χ2v) is 8.35. The van der Waals surface area contributed by atoms with E-state index in [4.69, 9.17) is 10.5 Å². The second kappa shape index (κ2) is 9.09. The standard InChI is InChI=1S/C23H23N5O2S/c1-16-12-28(15-31-16)22(29)11-19(24)14-30-20-5-3-18(4-6-20)23-21(13-27(2)26-23)17-7-9-25-10-8-17/h3-13H,14-15,24H2,1-2H3/b19-11-. The highest BCUT2D eigenvalue weighted by Crippen LogP contribution is 2.31. The summed E-state index contributed by atoms with van der Waals surface area (Å²) in [6.07, 6.45) is 8.78. The lowest BCUT2D eigenvalue weighted by molar-refractivity contribution is -0.122. The molecule has 2 N–H and O–H groups in total. The first kappa shape index (κ1) is 20.7. The molecule has 0 unspecified atom stereocenters. The van der Waals surface area contributed by atoms with Crippen LogP contribution >= 0.6 is 11.8 Å². The number of hydrogen-bond donors (Lipinski definition) is 1.